The van der Waals surface area contributed by atoms with Crippen molar-refractivity contribution in [2.75, 3.05) is 6.54 Å². The lowest BCUT2D eigenvalue weighted by atomic mass is 9.93. The molecule has 0 saturated carbocycles. The summed E-state index contributed by atoms with van der Waals surface area (Å²) in [6, 6.07) is 12.0. The molecule has 96 valence electrons. The summed E-state index contributed by atoms with van der Waals surface area (Å²) >= 11 is 0. The summed E-state index contributed by atoms with van der Waals surface area (Å²) in [5.74, 6) is 0.830. The van der Waals surface area contributed by atoms with Gasteiger partial charge in [0.1, 0.15) is 0 Å². The Hall–Kier alpha value is -1.65. The van der Waals surface area contributed by atoms with Crippen LogP contribution in [0.15, 0.2) is 40.9 Å². The Balaban J connectivity index is 1.89. The molecule has 3 N–H and O–H groups in total. The van der Waals surface area contributed by atoms with Crippen molar-refractivity contribution in [3.05, 3.63) is 53.4 Å². The van der Waals surface area contributed by atoms with Gasteiger partial charge in [0.15, 0.2) is 5.76 Å². The smallest absolute Gasteiger partial charge is 0.150 e. The normalized spacial score (nSPS) is 14.4. The zero-order valence-electron chi connectivity index (χ0n) is 10.8. The zero-order valence-corrected chi connectivity index (χ0v) is 10.8. The zero-order chi connectivity index (χ0) is 13.0. The maximum atomic E-state index is 6.30. The second kappa shape index (κ2) is 5.33. The molecule has 0 aliphatic rings. The molecule has 0 saturated heterocycles. The topological polar surface area (TPSA) is 64.1 Å². The lowest BCUT2D eigenvalue weighted by molar-refractivity contribution is 0.358. The second-order valence-corrected chi connectivity index (χ2v) is 4.82. The first-order valence-electron chi connectivity index (χ1n) is 6.05. The maximum absolute atomic E-state index is 6.30. The number of nitrogens with two attached hydrogens (primary N) is 1. The summed E-state index contributed by atoms with van der Waals surface area (Å²) < 4.78 is 5.13. The van der Waals surface area contributed by atoms with E-state index in [0.717, 1.165) is 17.0 Å². The van der Waals surface area contributed by atoms with Gasteiger partial charge in [-0.1, -0.05) is 35.5 Å². The van der Waals surface area contributed by atoms with Crippen LogP contribution in [-0.2, 0) is 12.1 Å². The van der Waals surface area contributed by atoms with Gasteiger partial charge in [0.05, 0.1) is 17.8 Å². The molecule has 1 aromatic carbocycles. The fourth-order valence-corrected chi connectivity index (χ4v) is 1.87. The first kappa shape index (κ1) is 12.8. The summed E-state index contributed by atoms with van der Waals surface area (Å²) in [7, 11) is 0. The highest BCUT2D eigenvalue weighted by molar-refractivity contribution is 5.23. The minimum Gasteiger partial charge on any atom is -0.360 e. The van der Waals surface area contributed by atoms with E-state index >= 15 is 0 Å². The van der Waals surface area contributed by atoms with E-state index in [1.54, 1.807) is 0 Å². The number of aromatic nitrogens is 1. The molecule has 4 nitrogen and oxygen atoms in total. The van der Waals surface area contributed by atoms with E-state index in [1.807, 2.05) is 50.2 Å². The highest BCUT2D eigenvalue weighted by atomic mass is 16.5. The molecule has 0 aliphatic heterocycles. The van der Waals surface area contributed by atoms with Crippen LogP contribution in [-0.4, -0.2) is 11.7 Å². The van der Waals surface area contributed by atoms with Gasteiger partial charge in [0.2, 0.25) is 0 Å². The summed E-state index contributed by atoms with van der Waals surface area (Å²) in [6.45, 7) is 5.24. The van der Waals surface area contributed by atoms with E-state index < -0.39 is 5.54 Å². The molecule has 0 bridgehead atoms. The fourth-order valence-electron chi connectivity index (χ4n) is 1.87. The lowest BCUT2D eigenvalue weighted by Crippen LogP contribution is -2.43. The second-order valence-electron chi connectivity index (χ2n) is 4.82. The number of hydrogen-bond acceptors (Lipinski definition) is 4. The van der Waals surface area contributed by atoms with E-state index in [4.69, 9.17) is 10.3 Å². The Morgan fingerprint density at radius 3 is 2.67 bits per heavy atom. The van der Waals surface area contributed by atoms with Crippen molar-refractivity contribution in [2.45, 2.75) is 25.9 Å². The summed E-state index contributed by atoms with van der Waals surface area (Å²) in [5, 5.41) is 7.14. The van der Waals surface area contributed by atoms with Crippen molar-refractivity contribution in [1.82, 2.24) is 10.5 Å². The van der Waals surface area contributed by atoms with Crippen LogP contribution in [0.3, 0.4) is 0 Å². The number of nitrogens with zero attached hydrogens (tertiary/aromatic N) is 1. The molecule has 0 fully saturated rings. The molecular formula is C14H19N3O. The SMILES string of the molecule is Cc1cc(CNCC(C)(N)c2ccccc2)on1. The quantitative estimate of drug-likeness (QED) is 0.845. The molecule has 2 aromatic rings. The summed E-state index contributed by atoms with van der Waals surface area (Å²) in [5.41, 5.74) is 7.92. The largest absolute Gasteiger partial charge is 0.360 e. The molecule has 1 aromatic heterocycles. The molecule has 1 atom stereocenters. The Bertz CT molecular complexity index is 491. The standard InChI is InChI=1S/C14H19N3O/c1-11-8-13(18-17-11)9-16-10-14(2,15)12-6-4-3-5-7-12/h3-8,16H,9-10,15H2,1-2H3. The predicted octanol–water partition coefficient (Wildman–Crippen LogP) is 1.95. The minimum atomic E-state index is -0.393. The molecule has 18 heavy (non-hydrogen) atoms. The van der Waals surface area contributed by atoms with Gasteiger partial charge >= 0.3 is 0 Å². The first-order valence-corrected chi connectivity index (χ1v) is 6.05. The first-order chi connectivity index (χ1) is 8.58. The number of rotatable bonds is 5. The van der Waals surface area contributed by atoms with Crippen LogP contribution in [0.2, 0.25) is 0 Å². The van der Waals surface area contributed by atoms with Gasteiger partial charge in [0, 0.05) is 12.6 Å². The Morgan fingerprint density at radius 2 is 2.06 bits per heavy atom. The van der Waals surface area contributed by atoms with E-state index in [9.17, 15) is 0 Å². The van der Waals surface area contributed by atoms with Crippen LogP contribution in [0.4, 0.5) is 0 Å². The number of hydrogen-bond donors (Lipinski definition) is 2. The Morgan fingerprint density at radius 1 is 1.33 bits per heavy atom. The van der Waals surface area contributed by atoms with Crippen molar-refractivity contribution in [1.29, 1.82) is 0 Å². The van der Waals surface area contributed by atoms with Gasteiger partial charge in [-0.05, 0) is 19.4 Å². The van der Waals surface area contributed by atoms with Crippen LogP contribution in [0.1, 0.15) is 23.9 Å². The molecule has 1 heterocycles. The fraction of sp³-hybridized carbons (Fsp3) is 0.357. The Kier molecular flexibility index (Phi) is 3.79. The summed E-state index contributed by atoms with van der Waals surface area (Å²) in [6.07, 6.45) is 0. The van der Waals surface area contributed by atoms with Crippen molar-refractivity contribution in [3.8, 4) is 0 Å². The van der Waals surface area contributed by atoms with Gasteiger partial charge in [0.25, 0.3) is 0 Å². The number of nitrogens with one attached hydrogen (secondary N) is 1. The molecular weight excluding hydrogens is 226 g/mol. The van der Waals surface area contributed by atoms with E-state index in [2.05, 4.69) is 10.5 Å². The number of benzene rings is 1. The Labute approximate surface area is 107 Å². The molecule has 0 radical (unpaired) electrons. The summed E-state index contributed by atoms with van der Waals surface area (Å²) in [4.78, 5) is 0. The van der Waals surface area contributed by atoms with Gasteiger partial charge in [-0.2, -0.15) is 0 Å². The third-order valence-electron chi connectivity index (χ3n) is 2.90. The average Bonchev–Trinajstić information content (AvgIpc) is 2.76. The van der Waals surface area contributed by atoms with Crippen molar-refractivity contribution < 1.29 is 4.52 Å². The van der Waals surface area contributed by atoms with E-state index in [1.165, 1.54) is 0 Å². The minimum absolute atomic E-state index is 0.393. The van der Waals surface area contributed by atoms with Gasteiger partial charge in [-0.3, -0.25) is 0 Å². The average molecular weight is 245 g/mol. The van der Waals surface area contributed by atoms with Gasteiger partial charge < -0.3 is 15.6 Å². The monoisotopic (exact) mass is 245 g/mol. The van der Waals surface area contributed by atoms with Crippen LogP contribution in [0.5, 0.6) is 0 Å². The lowest BCUT2D eigenvalue weighted by Gasteiger charge is -2.25. The highest BCUT2D eigenvalue weighted by Gasteiger charge is 2.20. The number of aryl methyl sites for hydroxylation is 1. The van der Waals surface area contributed by atoms with E-state index in [-0.39, 0.29) is 0 Å². The molecule has 0 amide bonds. The maximum Gasteiger partial charge on any atom is 0.150 e. The molecule has 2 rings (SSSR count). The molecule has 1 unspecified atom stereocenters. The van der Waals surface area contributed by atoms with Crippen molar-refractivity contribution >= 4 is 0 Å². The molecule has 0 aliphatic carbocycles. The highest BCUT2D eigenvalue weighted by Crippen LogP contribution is 2.16. The van der Waals surface area contributed by atoms with Gasteiger partial charge in [-0.15, -0.1) is 0 Å². The van der Waals surface area contributed by atoms with Gasteiger partial charge in [-0.25, -0.2) is 0 Å². The van der Waals surface area contributed by atoms with Crippen LogP contribution < -0.4 is 11.1 Å². The van der Waals surface area contributed by atoms with Crippen LogP contribution >= 0.6 is 0 Å². The molecule has 4 heteroatoms. The third kappa shape index (κ3) is 3.18. The van der Waals surface area contributed by atoms with Crippen molar-refractivity contribution in [2.24, 2.45) is 5.73 Å². The van der Waals surface area contributed by atoms with Crippen LogP contribution in [0.25, 0.3) is 0 Å². The van der Waals surface area contributed by atoms with E-state index in [0.29, 0.717) is 13.1 Å². The van der Waals surface area contributed by atoms with Crippen molar-refractivity contribution in [3.63, 3.8) is 0 Å². The third-order valence-corrected chi connectivity index (χ3v) is 2.90. The molecule has 0 spiro atoms. The van der Waals surface area contributed by atoms with Crippen LogP contribution in [0, 0.1) is 6.92 Å². The predicted molar refractivity (Wildman–Crippen MR) is 70.9 cm³/mol.